The van der Waals surface area contributed by atoms with E-state index >= 15 is 0 Å². The lowest BCUT2D eigenvalue weighted by Gasteiger charge is -2.37. The van der Waals surface area contributed by atoms with Gasteiger partial charge >= 0.3 is 5.97 Å². The molecule has 6 atom stereocenters. The predicted molar refractivity (Wildman–Crippen MR) is 127 cm³/mol. The lowest BCUT2D eigenvalue weighted by molar-refractivity contribution is -0.154. The molecule has 0 aliphatic carbocycles. The van der Waals surface area contributed by atoms with Gasteiger partial charge in [0.2, 0.25) is 11.8 Å². The van der Waals surface area contributed by atoms with Gasteiger partial charge in [0.1, 0.15) is 18.2 Å². The molecule has 0 saturated carbocycles. The lowest BCUT2D eigenvalue weighted by Crippen LogP contribution is -2.57. The highest BCUT2D eigenvalue weighted by Crippen LogP contribution is 2.60. The van der Waals surface area contributed by atoms with Crippen LogP contribution in [0.15, 0.2) is 25.3 Å². The van der Waals surface area contributed by atoms with E-state index in [1.165, 1.54) is 6.08 Å². The predicted octanol–water partition coefficient (Wildman–Crippen LogP) is 2.05. The Morgan fingerprint density at radius 1 is 1.33 bits per heavy atom. The van der Waals surface area contributed by atoms with Gasteiger partial charge in [-0.1, -0.05) is 48.0 Å². The molecule has 3 saturated heterocycles. The summed E-state index contributed by atoms with van der Waals surface area (Å²) in [6.07, 6.45) is 5.93. The zero-order valence-corrected chi connectivity index (χ0v) is 20.9. The van der Waals surface area contributed by atoms with E-state index in [-0.39, 0.29) is 29.9 Å². The highest BCUT2D eigenvalue weighted by Gasteiger charge is 2.77. The highest BCUT2D eigenvalue weighted by molar-refractivity contribution is 9.09. The van der Waals surface area contributed by atoms with Gasteiger partial charge in [-0.2, -0.15) is 0 Å². The van der Waals surface area contributed by atoms with Crippen molar-refractivity contribution in [1.82, 2.24) is 9.80 Å². The summed E-state index contributed by atoms with van der Waals surface area (Å²) in [6.45, 7) is 10.7. The van der Waals surface area contributed by atoms with Crippen LogP contribution in [0.5, 0.6) is 0 Å². The quantitative estimate of drug-likeness (QED) is 0.171. The maximum Gasteiger partial charge on any atom is 0.312 e. The number of amides is 2. The number of nitrogens with zero attached hydrogens (tertiary/aromatic N) is 2. The van der Waals surface area contributed by atoms with Gasteiger partial charge in [-0.15, -0.1) is 6.58 Å². The normalized spacial score (nSPS) is 32.0. The van der Waals surface area contributed by atoms with Gasteiger partial charge in [0.15, 0.2) is 0 Å². The summed E-state index contributed by atoms with van der Waals surface area (Å²) in [5, 5.41) is 9.24. The van der Waals surface area contributed by atoms with Crippen LogP contribution in [-0.2, 0) is 23.9 Å². The number of fused-ring (bicyclic) bond motifs is 1. The molecule has 1 N–H and O–H groups in total. The first-order valence-electron chi connectivity index (χ1n) is 11.8. The second-order valence-corrected chi connectivity index (χ2v) is 10.1. The first-order chi connectivity index (χ1) is 15.9. The lowest BCUT2D eigenvalue weighted by atomic mass is 9.70. The number of esters is 1. The highest BCUT2D eigenvalue weighted by atomic mass is 79.9. The molecule has 0 aromatic heterocycles. The summed E-state index contributed by atoms with van der Waals surface area (Å²) in [4.78, 5) is 43.7. The van der Waals surface area contributed by atoms with Crippen molar-refractivity contribution in [3.05, 3.63) is 25.3 Å². The molecule has 3 fully saturated rings. The summed E-state index contributed by atoms with van der Waals surface area (Å²) in [6, 6.07) is -0.826. The fourth-order valence-corrected chi connectivity index (χ4v) is 6.46. The molecule has 1 spiro atoms. The SMILES string of the molecule is C=CCOC(=O)[C@H]1[C@@H]2OC3(CC2Br)C(C(=O)N(CC=C)CCCC)N(CCCCO)C(=O)[C@H]13. The number of alkyl halides is 1. The van der Waals surface area contributed by atoms with E-state index in [0.717, 1.165) is 12.8 Å². The Bertz CT molecular complexity index is 776. The number of unbranched alkanes of at least 4 members (excludes halogenated alkanes) is 2. The van der Waals surface area contributed by atoms with E-state index in [1.807, 2.05) is 0 Å². The molecular formula is C24H35BrN2O6. The van der Waals surface area contributed by atoms with Gasteiger partial charge in [-0.3, -0.25) is 14.4 Å². The van der Waals surface area contributed by atoms with E-state index in [1.54, 1.807) is 15.9 Å². The number of ether oxygens (including phenoxy) is 2. The second kappa shape index (κ2) is 11.1. The Labute approximate surface area is 204 Å². The van der Waals surface area contributed by atoms with Gasteiger partial charge in [-0.05, 0) is 25.7 Å². The fourth-order valence-electron chi connectivity index (χ4n) is 5.52. The summed E-state index contributed by atoms with van der Waals surface area (Å²) in [7, 11) is 0. The van der Waals surface area contributed by atoms with Crippen LogP contribution in [0, 0.1) is 11.8 Å². The zero-order chi connectivity index (χ0) is 24.2. The summed E-state index contributed by atoms with van der Waals surface area (Å²) in [5.74, 6) is -2.47. The van der Waals surface area contributed by atoms with Crippen molar-refractivity contribution in [3.63, 3.8) is 0 Å². The second-order valence-electron chi connectivity index (χ2n) is 8.97. The first-order valence-corrected chi connectivity index (χ1v) is 12.7. The Balaban J connectivity index is 1.99. The smallest absolute Gasteiger partial charge is 0.312 e. The van der Waals surface area contributed by atoms with Crippen LogP contribution in [0.3, 0.4) is 0 Å². The van der Waals surface area contributed by atoms with Crippen molar-refractivity contribution in [2.24, 2.45) is 11.8 Å². The van der Waals surface area contributed by atoms with E-state index in [2.05, 4.69) is 36.0 Å². The molecule has 3 aliphatic heterocycles. The summed E-state index contributed by atoms with van der Waals surface area (Å²) < 4.78 is 11.8. The number of carbonyl (C=O) groups is 3. The molecule has 9 heteroatoms. The zero-order valence-electron chi connectivity index (χ0n) is 19.3. The molecule has 3 heterocycles. The number of rotatable bonds is 13. The van der Waals surface area contributed by atoms with Crippen LogP contribution >= 0.6 is 15.9 Å². The van der Waals surface area contributed by atoms with E-state index in [9.17, 15) is 19.5 Å². The van der Waals surface area contributed by atoms with Gasteiger partial charge < -0.3 is 24.4 Å². The van der Waals surface area contributed by atoms with Crippen LogP contribution in [0.4, 0.5) is 0 Å². The third-order valence-electron chi connectivity index (χ3n) is 6.89. The molecule has 2 amide bonds. The first kappa shape index (κ1) is 25.9. The van der Waals surface area contributed by atoms with Gasteiger partial charge in [0, 0.05) is 31.1 Å². The standard InChI is InChI=1S/C24H35BrN2O6/c1-4-7-11-26(10-5-2)22(30)20-24-15-16(25)19(33-24)17(23(31)32-14-6-3)18(24)21(29)27(20)12-8-9-13-28/h5-6,16-20,28H,2-4,7-15H2,1H3/t16?,17-,18+,19-,20?,24?/m1/s1. The van der Waals surface area contributed by atoms with Gasteiger partial charge in [0.05, 0.1) is 17.9 Å². The third kappa shape index (κ3) is 4.64. The monoisotopic (exact) mass is 526 g/mol. The minimum absolute atomic E-state index is 0.00680. The molecule has 3 rings (SSSR count). The number of likely N-dealkylation sites (tertiary alicyclic amines) is 1. The van der Waals surface area contributed by atoms with E-state index < -0.39 is 35.6 Å². The van der Waals surface area contributed by atoms with E-state index in [4.69, 9.17) is 9.47 Å². The molecule has 8 nitrogen and oxygen atoms in total. The number of carbonyl (C=O) groups excluding carboxylic acids is 3. The van der Waals surface area contributed by atoms with Crippen LogP contribution in [-0.4, -0.2) is 88.1 Å². The van der Waals surface area contributed by atoms with Crippen molar-refractivity contribution < 1.29 is 29.0 Å². The summed E-state index contributed by atoms with van der Waals surface area (Å²) in [5.41, 5.74) is -1.09. The minimum atomic E-state index is -1.09. The number of aliphatic hydroxyl groups is 1. The Morgan fingerprint density at radius 2 is 2.09 bits per heavy atom. The number of halogens is 1. The van der Waals surface area contributed by atoms with Crippen LogP contribution in [0.2, 0.25) is 0 Å². The van der Waals surface area contributed by atoms with Gasteiger partial charge in [0.25, 0.3) is 0 Å². The maximum atomic E-state index is 13.9. The Hall–Kier alpha value is -1.71. The number of hydrogen-bond acceptors (Lipinski definition) is 6. The van der Waals surface area contributed by atoms with Crippen LogP contribution in [0.1, 0.15) is 39.0 Å². The molecule has 2 bridgehead atoms. The Morgan fingerprint density at radius 3 is 2.73 bits per heavy atom. The molecule has 0 radical (unpaired) electrons. The minimum Gasteiger partial charge on any atom is -0.461 e. The molecule has 184 valence electrons. The summed E-state index contributed by atoms with van der Waals surface area (Å²) >= 11 is 3.64. The van der Waals surface area contributed by atoms with Crippen molar-refractivity contribution in [1.29, 1.82) is 0 Å². The molecule has 0 aromatic rings. The average molecular weight is 527 g/mol. The molecular weight excluding hydrogens is 492 g/mol. The fraction of sp³-hybridized carbons (Fsp3) is 0.708. The van der Waals surface area contributed by atoms with Crippen molar-refractivity contribution >= 4 is 33.7 Å². The van der Waals surface area contributed by atoms with Crippen LogP contribution < -0.4 is 0 Å². The average Bonchev–Trinajstić information content (AvgIpc) is 3.38. The van der Waals surface area contributed by atoms with Gasteiger partial charge in [-0.25, -0.2) is 0 Å². The Kier molecular flexibility index (Phi) is 8.75. The largest absolute Gasteiger partial charge is 0.461 e. The molecule has 33 heavy (non-hydrogen) atoms. The maximum absolute atomic E-state index is 13.9. The topological polar surface area (TPSA) is 96.4 Å². The number of aliphatic hydroxyl groups excluding tert-OH is 1. The van der Waals surface area contributed by atoms with Crippen molar-refractivity contribution in [2.75, 3.05) is 32.8 Å². The van der Waals surface area contributed by atoms with E-state index in [0.29, 0.717) is 38.9 Å². The van der Waals surface area contributed by atoms with Crippen molar-refractivity contribution in [2.45, 2.75) is 61.6 Å². The molecule has 3 unspecified atom stereocenters. The number of hydrogen-bond donors (Lipinski definition) is 1. The molecule has 0 aromatic carbocycles. The third-order valence-corrected chi connectivity index (χ3v) is 7.73. The van der Waals surface area contributed by atoms with Crippen LogP contribution in [0.25, 0.3) is 0 Å². The van der Waals surface area contributed by atoms with Crippen molar-refractivity contribution in [3.8, 4) is 0 Å². The molecule has 3 aliphatic rings.